The lowest BCUT2D eigenvalue weighted by atomic mass is 9.48. The summed E-state index contributed by atoms with van der Waals surface area (Å²) in [5.41, 5.74) is 6.33. The minimum absolute atomic E-state index is 0.0290. The Morgan fingerprint density at radius 2 is 2.19 bits per heavy atom. The first-order valence-electron chi connectivity index (χ1n) is 7.26. The van der Waals surface area contributed by atoms with E-state index < -0.39 is 11.0 Å². The van der Waals surface area contributed by atoms with E-state index in [-0.39, 0.29) is 23.7 Å². The first kappa shape index (κ1) is 14.5. The molecular formula is C16H21FN2O2. The van der Waals surface area contributed by atoms with Gasteiger partial charge in [-0.05, 0) is 31.0 Å². The Hall–Kier alpha value is -1.46. The number of fused-ring (bicyclic) bond motifs is 1. The van der Waals surface area contributed by atoms with Crippen molar-refractivity contribution in [3.8, 4) is 0 Å². The molecule has 0 aromatic heterocycles. The molecule has 1 aromatic rings. The molecule has 4 nitrogen and oxygen atoms in total. The topological polar surface area (TPSA) is 64.4 Å². The molecule has 1 saturated heterocycles. The van der Waals surface area contributed by atoms with E-state index in [4.69, 9.17) is 10.5 Å². The minimum Gasteiger partial charge on any atom is -0.377 e. The largest absolute Gasteiger partial charge is 0.377 e. The van der Waals surface area contributed by atoms with Crippen LogP contribution in [0.1, 0.15) is 25.8 Å². The predicted octanol–water partition coefficient (Wildman–Crippen LogP) is 2.22. The number of amides is 1. The highest BCUT2D eigenvalue weighted by molar-refractivity contribution is 6.00. The van der Waals surface area contributed by atoms with Crippen molar-refractivity contribution in [3.05, 3.63) is 29.6 Å². The second-order valence-corrected chi connectivity index (χ2v) is 6.69. The van der Waals surface area contributed by atoms with Crippen LogP contribution in [-0.2, 0) is 9.53 Å². The van der Waals surface area contributed by atoms with E-state index in [2.05, 4.69) is 5.32 Å². The number of nitrogens with one attached hydrogen (secondary N) is 1. The molecule has 3 rings (SSSR count). The van der Waals surface area contributed by atoms with Gasteiger partial charge in [-0.3, -0.25) is 4.79 Å². The second-order valence-electron chi connectivity index (χ2n) is 6.69. The maximum atomic E-state index is 13.4. The lowest BCUT2D eigenvalue weighted by Gasteiger charge is -2.60. The van der Waals surface area contributed by atoms with Crippen LogP contribution < -0.4 is 11.1 Å². The van der Waals surface area contributed by atoms with Gasteiger partial charge in [0.15, 0.2) is 0 Å². The summed E-state index contributed by atoms with van der Waals surface area (Å²) in [6, 6.07) is 4.34. The first-order chi connectivity index (χ1) is 9.78. The maximum absolute atomic E-state index is 13.4. The van der Waals surface area contributed by atoms with Crippen LogP contribution in [0.2, 0.25) is 0 Å². The minimum atomic E-state index is -0.979. The second kappa shape index (κ2) is 4.52. The fourth-order valence-corrected chi connectivity index (χ4v) is 3.80. The zero-order valence-electron chi connectivity index (χ0n) is 12.6. The Bertz CT molecular complexity index is 602. The summed E-state index contributed by atoms with van der Waals surface area (Å²) in [5.74, 6) is -0.605. The van der Waals surface area contributed by atoms with Crippen LogP contribution in [0.4, 0.5) is 10.1 Å². The van der Waals surface area contributed by atoms with Crippen molar-refractivity contribution in [1.29, 1.82) is 0 Å². The highest BCUT2D eigenvalue weighted by Gasteiger charge is 2.71. The monoisotopic (exact) mass is 292 g/mol. The van der Waals surface area contributed by atoms with E-state index >= 15 is 0 Å². The lowest BCUT2D eigenvalue weighted by molar-refractivity contribution is -0.170. The fraction of sp³-hybridized carbons (Fsp3) is 0.562. The molecule has 1 aromatic carbocycles. The molecule has 1 saturated carbocycles. The fourth-order valence-electron chi connectivity index (χ4n) is 3.80. The quantitative estimate of drug-likeness (QED) is 0.878. The van der Waals surface area contributed by atoms with Crippen molar-refractivity contribution in [2.75, 3.05) is 11.9 Å². The summed E-state index contributed by atoms with van der Waals surface area (Å²) in [5, 5.41) is 2.80. The van der Waals surface area contributed by atoms with Gasteiger partial charge in [0.25, 0.3) is 0 Å². The summed E-state index contributed by atoms with van der Waals surface area (Å²) in [6.45, 7) is 6.38. The SMILES string of the molecule is Cc1ccc(F)cc1NC(=O)C1(N)C2CCOC2C1(C)C. The maximum Gasteiger partial charge on any atom is 0.245 e. The van der Waals surface area contributed by atoms with Gasteiger partial charge in [0, 0.05) is 23.6 Å². The van der Waals surface area contributed by atoms with Gasteiger partial charge >= 0.3 is 0 Å². The molecule has 21 heavy (non-hydrogen) atoms. The zero-order chi connectivity index (χ0) is 15.4. The number of hydrogen-bond acceptors (Lipinski definition) is 3. The van der Waals surface area contributed by atoms with Gasteiger partial charge in [0.05, 0.1) is 6.10 Å². The molecule has 1 amide bonds. The van der Waals surface area contributed by atoms with Gasteiger partial charge in [0.2, 0.25) is 5.91 Å². The van der Waals surface area contributed by atoms with Crippen molar-refractivity contribution < 1.29 is 13.9 Å². The molecule has 5 heteroatoms. The summed E-state index contributed by atoms with van der Waals surface area (Å²) in [4.78, 5) is 12.7. The van der Waals surface area contributed by atoms with Crippen molar-refractivity contribution in [2.24, 2.45) is 17.1 Å². The smallest absolute Gasteiger partial charge is 0.245 e. The molecule has 2 aliphatic rings. The van der Waals surface area contributed by atoms with Crippen LogP contribution in [0.5, 0.6) is 0 Å². The molecular weight excluding hydrogens is 271 g/mol. The molecule has 1 aliphatic heterocycles. The highest BCUT2D eigenvalue weighted by atomic mass is 19.1. The van der Waals surface area contributed by atoms with Crippen LogP contribution in [0.3, 0.4) is 0 Å². The molecule has 114 valence electrons. The zero-order valence-corrected chi connectivity index (χ0v) is 12.6. The van der Waals surface area contributed by atoms with E-state index in [0.29, 0.717) is 12.3 Å². The van der Waals surface area contributed by atoms with Gasteiger partial charge in [0.1, 0.15) is 11.4 Å². The number of hydrogen-bond donors (Lipinski definition) is 2. The molecule has 1 aliphatic carbocycles. The van der Waals surface area contributed by atoms with Crippen LogP contribution >= 0.6 is 0 Å². The summed E-state index contributed by atoms with van der Waals surface area (Å²) >= 11 is 0. The van der Waals surface area contributed by atoms with Crippen molar-refractivity contribution >= 4 is 11.6 Å². The highest BCUT2D eigenvalue weighted by Crippen LogP contribution is 2.58. The van der Waals surface area contributed by atoms with Gasteiger partial charge in [-0.25, -0.2) is 4.39 Å². The third-order valence-corrected chi connectivity index (χ3v) is 5.28. The van der Waals surface area contributed by atoms with E-state index in [1.165, 1.54) is 12.1 Å². The molecule has 3 N–H and O–H groups in total. The number of aryl methyl sites for hydroxylation is 1. The number of benzene rings is 1. The Morgan fingerprint density at radius 3 is 2.90 bits per heavy atom. The molecule has 0 spiro atoms. The molecule has 3 unspecified atom stereocenters. The summed E-state index contributed by atoms with van der Waals surface area (Å²) in [6.07, 6.45) is 0.821. The van der Waals surface area contributed by atoms with Gasteiger partial charge in [-0.2, -0.15) is 0 Å². The number of carbonyl (C=O) groups is 1. The molecule has 1 heterocycles. The van der Waals surface area contributed by atoms with E-state index in [0.717, 1.165) is 12.0 Å². The van der Waals surface area contributed by atoms with Crippen molar-refractivity contribution in [1.82, 2.24) is 0 Å². The van der Waals surface area contributed by atoms with Gasteiger partial charge in [-0.1, -0.05) is 19.9 Å². The summed E-state index contributed by atoms with van der Waals surface area (Å²) in [7, 11) is 0. The van der Waals surface area contributed by atoms with Crippen LogP contribution in [0, 0.1) is 24.1 Å². The number of anilines is 1. The average molecular weight is 292 g/mol. The predicted molar refractivity (Wildman–Crippen MR) is 78.3 cm³/mol. The van der Waals surface area contributed by atoms with Crippen molar-refractivity contribution in [3.63, 3.8) is 0 Å². The number of halogens is 1. The molecule has 2 fully saturated rings. The van der Waals surface area contributed by atoms with Crippen LogP contribution in [0.25, 0.3) is 0 Å². The Morgan fingerprint density at radius 1 is 1.48 bits per heavy atom. The van der Waals surface area contributed by atoms with Gasteiger partial charge in [-0.15, -0.1) is 0 Å². The van der Waals surface area contributed by atoms with Crippen molar-refractivity contribution in [2.45, 2.75) is 38.8 Å². The number of nitrogens with two attached hydrogens (primary N) is 1. The molecule has 0 radical (unpaired) electrons. The summed E-state index contributed by atoms with van der Waals surface area (Å²) < 4.78 is 19.0. The number of carbonyl (C=O) groups excluding carboxylic acids is 1. The third kappa shape index (κ3) is 1.84. The standard InChI is InChI=1S/C16H21FN2O2/c1-9-4-5-10(17)8-12(9)19-14(20)16(18)11-6-7-21-13(11)15(16,2)3/h4-5,8,11,13H,6-7,18H2,1-3H3,(H,19,20). The molecule has 0 bridgehead atoms. The average Bonchev–Trinajstić information content (AvgIpc) is 2.90. The van der Waals surface area contributed by atoms with Crippen LogP contribution in [0.15, 0.2) is 18.2 Å². The molecule has 3 atom stereocenters. The van der Waals surface area contributed by atoms with E-state index in [1.807, 2.05) is 20.8 Å². The number of ether oxygens (including phenoxy) is 1. The Balaban J connectivity index is 1.87. The number of rotatable bonds is 2. The van der Waals surface area contributed by atoms with Gasteiger partial charge < -0.3 is 15.8 Å². The van der Waals surface area contributed by atoms with E-state index in [9.17, 15) is 9.18 Å². The normalized spacial score (nSPS) is 33.2. The third-order valence-electron chi connectivity index (χ3n) is 5.28. The first-order valence-corrected chi connectivity index (χ1v) is 7.26. The Labute approximate surface area is 123 Å². The van der Waals surface area contributed by atoms with E-state index in [1.54, 1.807) is 6.07 Å². The lowest BCUT2D eigenvalue weighted by Crippen LogP contribution is -2.79. The Kier molecular flexibility index (Phi) is 3.11. The van der Waals surface area contributed by atoms with Crippen LogP contribution in [-0.4, -0.2) is 24.2 Å².